The Bertz CT molecular complexity index is 142. The van der Waals surface area contributed by atoms with Crippen LogP contribution in [0, 0.1) is 3.70 Å². The molecule has 7 heavy (non-hydrogen) atoms. The van der Waals surface area contributed by atoms with Crippen LogP contribution in [0.4, 0.5) is 5.69 Å². The van der Waals surface area contributed by atoms with Gasteiger partial charge in [0.05, 0.1) is 5.69 Å². The van der Waals surface area contributed by atoms with Crippen molar-refractivity contribution in [3.8, 4) is 0 Å². The predicted octanol–water partition coefficient (Wildman–Crippen LogP) is 1.20. The summed E-state index contributed by atoms with van der Waals surface area (Å²) >= 11 is 2.14. The summed E-state index contributed by atoms with van der Waals surface area (Å²) in [5, 5.41) is 0. The third-order valence-electron chi connectivity index (χ3n) is 0.726. The highest BCUT2D eigenvalue weighted by Crippen LogP contribution is 2.09. The van der Waals surface area contributed by atoms with Crippen molar-refractivity contribution in [2.75, 3.05) is 5.73 Å². The highest BCUT2D eigenvalue weighted by molar-refractivity contribution is 14.1. The number of rotatable bonds is 0. The summed E-state index contributed by atoms with van der Waals surface area (Å²) < 4.78 is 1.01. The first-order valence-electron chi connectivity index (χ1n) is 1.89. The Labute approximate surface area is 55.2 Å². The summed E-state index contributed by atoms with van der Waals surface area (Å²) in [5.74, 6) is 0. The number of aromatic amines is 1. The molecule has 0 radical (unpaired) electrons. The SMILES string of the molecule is Nc1cc[nH]c1I. The zero-order valence-electron chi connectivity index (χ0n) is 3.61. The number of H-pyrrole nitrogens is 1. The maximum absolute atomic E-state index is 5.40. The second-order valence-corrected chi connectivity index (χ2v) is 2.33. The molecular weight excluding hydrogens is 203 g/mol. The van der Waals surface area contributed by atoms with E-state index >= 15 is 0 Å². The van der Waals surface area contributed by atoms with Crippen molar-refractivity contribution >= 4 is 28.3 Å². The van der Waals surface area contributed by atoms with Crippen LogP contribution in [0.1, 0.15) is 0 Å². The van der Waals surface area contributed by atoms with Crippen molar-refractivity contribution in [2.45, 2.75) is 0 Å². The van der Waals surface area contributed by atoms with E-state index in [0.29, 0.717) is 0 Å². The van der Waals surface area contributed by atoms with Gasteiger partial charge in [0.2, 0.25) is 0 Å². The zero-order chi connectivity index (χ0) is 5.28. The van der Waals surface area contributed by atoms with Gasteiger partial charge < -0.3 is 10.7 Å². The standard InChI is InChI=1S/C4H5IN2/c5-4-3(6)1-2-7-4/h1-2,7H,6H2. The van der Waals surface area contributed by atoms with E-state index in [-0.39, 0.29) is 0 Å². The van der Waals surface area contributed by atoms with Crippen molar-refractivity contribution in [1.82, 2.24) is 4.98 Å². The fourth-order valence-corrected chi connectivity index (χ4v) is 0.721. The number of anilines is 1. The van der Waals surface area contributed by atoms with Crippen molar-refractivity contribution in [3.63, 3.8) is 0 Å². The molecule has 3 heteroatoms. The van der Waals surface area contributed by atoms with Crippen molar-refractivity contribution in [3.05, 3.63) is 16.0 Å². The lowest BCUT2D eigenvalue weighted by atomic mass is 10.6. The van der Waals surface area contributed by atoms with Crippen LogP contribution in [0.5, 0.6) is 0 Å². The maximum atomic E-state index is 5.40. The van der Waals surface area contributed by atoms with Gasteiger partial charge in [0.15, 0.2) is 0 Å². The van der Waals surface area contributed by atoms with Crippen molar-refractivity contribution in [2.24, 2.45) is 0 Å². The van der Waals surface area contributed by atoms with E-state index in [1.165, 1.54) is 0 Å². The van der Waals surface area contributed by atoms with Gasteiger partial charge in [0, 0.05) is 6.20 Å². The first-order chi connectivity index (χ1) is 3.30. The Balaban J connectivity index is 3.12. The molecule has 0 spiro atoms. The van der Waals surface area contributed by atoms with E-state index in [0.717, 1.165) is 9.39 Å². The summed E-state index contributed by atoms with van der Waals surface area (Å²) in [6.07, 6.45) is 1.82. The molecule has 0 fully saturated rings. The van der Waals surface area contributed by atoms with E-state index in [4.69, 9.17) is 5.73 Å². The molecule has 0 atom stereocenters. The predicted molar refractivity (Wildman–Crippen MR) is 37.9 cm³/mol. The molecule has 0 bridgehead atoms. The van der Waals surface area contributed by atoms with Crippen LogP contribution >= 0.6 is 22.6 Å². The Morgan fingerprint density at radius 3 is 2.57 bits per heavy atom. The van der Waals surface area contributed by atoms with E-state index in [1.54, 1.807) is 0 Å². The molecule has 1 aromatic rings. The van der Waals surface area contributed by atoms with E-state index in [2.05, 4.69) is 27.6 Å². The number of nitrogen functional groups attached to an aromatic ring is 1. The molecule has 0 aliphatic heterocycles. The Kier molecular flexibility index (Phi) is 1.23. The number of halogens is 1. The minimum Gasteiger partial charge on any atom is -0.397 e. The van der Waals surface area contributed by atoms with Crippen LogP contribution in [-0.4, -0.2) is 4.98 Å². The third-order valence-corrected chi connectivity index (χ3v) is 1.66. The first kappa shape index (κ1) is 4.96. The maximum Gasteiger partial charge on any atom is 0.100 e. The Morgan fingerprint density at radius 2 is 2.43 bits per heavy atom. The fourth-order valence-electron chi connectivity index (χ4n) is 0.361. The number of nitrogens with one attached hydrogen (secondary N) is 1. The lowest BCUT2D eigenvalue weighted by molar-refractivity contribution is 1.36. The molecule has 0 saturated carbocycles. The highest BCUT2D eigenvalue weighted by Gasteiger charge is 1.88. The van der Waals surface area contributed by atoms with Crippen LogP contribution < -0.4 is 5.73 Å². The van der Waals surface area contributed by atoms with Crippen LogP contribution in [0.3, 0.4) is 0 Å². The van der Waals surface area contributed by atoms with Gasteiger partial charge in [-0.1, -0.05) is 0 Å². The molecule has 1 aromatic heterocycles. The summed E-state index contributed by atoms with van der Waals surface area (Å²) in [6.45, 7) is 0. The van der Waals surface area contributed by atoms with Crippen molar-refractivity contribution < 1.29 is 0 Å². The van der Waals surface area contributed by atoms with Crippen molar-refractivity contribution in [1.29, 1.82) is 0 Å². The molecule has 2 nitrogen and oxygen atoms in total. The Morgan fingerprint density at radius 1 is 1.71 bits per heavy atom. The minimum absolute atomic E-state index is 0.820. The van der Waals surface area contributed by atoms with Gasteiger partial charge in [0.1, 0.15) is 3.70 Å². The second-order valence-electron chi connectivity index (χ2n) is 1.25. The highest BCUT2D eigenvalue weighted by atomic mass is 127. The lowest BCUT2D eigenvalue weighted by Gasteiger charge is -1.80. The number of hydrogen-bond acceptors (Lipinski definition) is 1. The molecule has 0 amide bonds. The van der Waals surface area contributed by atoms with Crippen LogP contribution in [0.15, 0.2) is 12.3 Å². The van der Waals surface area contributed by atoms with Gasteiger partial charge in [-0.2, -0.15) is 0 Å². The first-order valence-corrected chi connectivity index (χ1v) is 2.97. The van der Waals surface area contributed by atoms with Crippen LogP contribution in [-0.2, 0) is 0 Å². The normalized spacial score (nSPS) is 9.29. The molecule has 1 heterocycles. The molecule has 0 saturated heterocycles. The Hall–Kier alpha value is -0.190. The number of aromatic nitrogens is 1. The minimum atomic E-state index is 0.820. The van der Waals surface area contributed by atoms with Crippen LogP contribution in [0.2, 0.25) is 0 Å². The molecule has 0 aliphatic rings. The van der Waals surface area contributed by atoms with Gasteiger partial charge in [-0.3, -0.25) is 0 Å². The molecule has 0 unspecified atom stereocenters. The molecule has 38 valence electrons. The third kappa shape index (κ3) is 0.876. The number of nitrogens with two attached hydrogens (primary N) is 1. The summed E-state index contributed by atoms with van der Waals surface area (Å²) in [5.41, 5.74) is 6.22. The zero-order valence-corrected chi connectivity index (χ0v) is 5.77. The van der Waals surface area contributed by atoms with Gasteiger partial charge in [-0.25, -0.2) is 0 Å². The van der Waals surface area contributed by atoms with E-state index in [9.17, 15) is 0 Å². The van der Waals surface area contributed by atoms with Gasteiger partial charge in [0.25, 0.3) is 0 Å². The fraction of sp³-hybridized carbons (Fsp3) is 0. The van der Waals surface area contributed by atoms with Gasteiger partial charge in [-0.15, -0.1) is 0 Å². The van der Waals surface area contributed by atoms with E-state index < -0.39 is 0 Å². The molecule has 0 aromatic carbocycles. The topological polar surface area (TPSA) is 41.8 Å². The van der Waals surface area contributed by atoms with Crippen LogP contribution in [0.25, 0.3) is 0 Å². The van der Waals surface area contributed by atoms with Gasteiger partial charge in [-0.05, 0) is 28.7 Å². The van der Waals surface area contributed by atoms with E-state index in [1.807, 2.05) is 12.3 Å². The molecule has 3 N–H and O–H groups in total. The molecule has 1 rings (SSSR count). The number of hydrogen-bond donors (Lipinski definition) is 2. The molecular formula is C4H5IN2. The summed E-state index contributed by atoms with van der Waals surface area (Å²) in [4.78, 5) is 2.93. The average molecular weight is 208 g/mol. The smallest absolute Gasteiger partial charge is 0.100 e. The largest absolute Gasteiger partial charge is 0.397 e. The monoisotopic (exact) mass is 208 g/mol. The summed E-state index contributed by atoms with van der Waals surface area (Å²) in [7, 11) is 0. The average Bonchev–Trinajstić information content (AvgIpc) is 1.91. The molecule has 0 aliphatic carbocycles. The second kappa shape index (κ2) is 1.73. The lowest BCUT2D eigenvalue weighted by Crippen LogP contribution is -1.81. The quantitative estimate of drug-likeness (QED) is 0.618. The summed E-state index contributed by atoms with van der Waals surface area (Å²) in [6, 6.07) is 1.84. The van der Waals surface area contributed by atoms with Gasteiger partial charge >= 0.3 is 0 Å².